The minimum absolute atomic E-state index is 0.00494. The standard InChI is InChI=1S/C14H15ClN4O/c1-10-13(17-9-16-10)8-18-5-6-19(14(18)20)12-4-2-3-11(15)7-12/h2-4,7,9H,5-6,8H2,1H3,(H,16,17). The zero-order valence-electron chi connectivity index (χ0n) is 11.1. The smallest absolute Gasteiger partial charge is 0.324 e. The van der Waals surface area contributed by atoms with E-state index in [1.54, 1.807) is 22.2 Å². The molecule has 1 aromatic carbocycles. The third kappa shape index (κ3) is 2.36. The van der Waals surface area contributed by atoms with E-state index in [4.69, 9.17) is 11.6 Å². The summed E-state index contributed by atoms with van der Waals surface area (Å²) in [6, 6.07) is 7.35. The van der Waals surface area contributed by atoms with Crippen LogP contribution in [0.1, 0.15) is 11.4 Å². The van der Waals surface area contributed by atoms with Crippen LogP contribution in [0.4, 0.5) is 10.5 Å². The number of amides is 2. The van der Waals surface area contributed by atoms with Gasteiger partial charge in [0.25, 0.3) is 0 Å². The Labute approximate surface area is 122 Å². The summed E-state index contributed by atoms with van der Waals surface area (Å²) < 4.78 is 0. The average Bonchev–Trinajstić information content (AvgIpc) is 2.98. The zero-order chi connectivity index (χ0) is 14.1. The van der Waals surface area contributed by atoms with Crippen LogP contribution in [0.2, 0.25) is 5.02 Å². The van der Waals surface area contributed by atoms with Crippen molar-refractivity contribution >= 4 is 23.3 Å². The average molecular weight is 291 g/mol. The molecule has 1 aromatic heterocycles. The van der Waals surface area contributed by atoms with Gasteiger partial charge in [0.15, 0.2) is 0 Å². The molecule has 1 aliphatic heterocycles. The van der Waals surface area contributed by atoms with Crippen LogP contribution in [0.15, 0.2) is 30.6 Å². The summed E-state index contributed by atoms with van der Waals surface area (Å²) in [4.78, 5) is 23.2. The van der Waals surface area contributed by atoms with E-state index in [9.17, 15) is 4.79 Å². The third-order valence-electron chi connectivity index (χ3n) is 3.49. The number of nitrogens with one attached hydrogen (secondary N) is 1. The molecule has 6 heteroatoms. The molecule has 0 spiro atoms. The van der Waals surface area contributed by atoms with Gasteiger partial charge in [0.05, 0.1) is 18.6 Å². The number of carbonyl (C=O) groups excluding carboxylic acids is 1. The first kappa shape index (κ1) is 13.0. The molecule has 5 nitrogen and oxygen atoms in total. The zero-order valence-corrected chi connectivity index (χ0v) is 11.9. The Morgan fingerprint density at radius 3 is 2.95 bits per heavy atom. The number of carbonyl (C=O) groups is 1. The molecule has 0 aliphatic carbocycles. The van der Waals surface area contributed by atoms with Crippen LogP contribution in [-0.4, -0.2) is 34.0 Å². The van der Waals surface area contributed by atoms with Crippen molar-refractivity contribution in [3.05, 3.63) is 47.0 Å². The number of hydrogen-bond acceptors (Lipinski definition) is 2. The first-order chi connectivity index (χ1) is 9.65. The molecule has 1 N–H and O–H groups in total. The Balaban J connectivity index is 1.76. The van der Waals surface area contributed by atoms with Crippen LogP contribution in [0.3, 0.4) is 0 Å². The fourth-order valence-corrected chi connectivity index (χ4v) is 2.52. The molecule has 1 aliphatic rings. The first-order valence-electron chi connectivity index (χ1n) is 6.46. The van der Waals surface area contributed by atoms with Crippen molar-refractivity contribution in [3.8, 4) is 0 Å². The second-order valence-electron chi connectivity index (χ2n) is 4.81. The molecule has 0 atom stereocenters. The van der Waals surface area contributed by atoms with Gasteiger partial charge < -0.3 is 9.88 Å². The van der Waals surface area contributed by atoms with Gasteiger partial charge in [-0.3, -0.25) is 4.90 Å². The largest absolute Gasteiger partial charge is 0.348 e. The van der Waals surface area contributed by atoms with Gasteiger partial charge in [0, 0.05) is 29.5 Å². The summed E-state index contributed by atoms with van der Waals surface area (Å²) in [6.45, 7) is 3.85. The molecular formula is C14H15ClN4O. The second-order valence-corrected chi connectivity index (χ2v) is 5.25. The van der Waals surface area contributed by atoms with Gasteiger partial charge in [-0.2, -0.15) is 0 Å². The van der Waals surface area contributed by atoms with Gasteiger partial charge in [-0.1, -0.05) is 17.7 Å². The number of rotatable bonds is 3. The van der Waals surface area contributed by atoms with E-state index >= 15 is 0 Å². The van der Waals surface area contributed by atoms with Crippen molar-refractivity contribution in [1.82, 2.24) is 14.9 Å². The van der Waals surface area contributed by atoms with Crippen LogP contribution < -0.4 is 4.90 Å². The lowest BCUT2D eigenvalue weighted by molar-refractivity contribution is 0.218. The molecule has 0 saturated carbocycles. The van der Waals surface area contributed by atoms with Gasteiger partial charge in [-0.05, 0) is 25.1 Å². The fraction of sp³-hybridized carbons (Fsp3) is 0.286. The Hall–Kier alpha value is -2.01. The van der Waals surface area contributed by atoms with Crippen molar-refractivity contribution in [2.24, 2.45) is 0 Å². The number of halogens is 1. The summed E-state index contributed by atoms with van der Waals surface area (Å²) in [6.07, 6.45) is 1.65. The van der Waals surface area contributed by atoms with Crippen LogP contribution in [0, 0.1) is 6.92 Å². The van der Waals surface area contributed by atoms with Gasteiger partial charge in [0.2, 0.25) is 0 Å². The van der Waals surface area contributed by atoms with Crippen molar-refractivity contribution in [2.75, 3.05) is 18.0 Å². The molecule has 20 heavy (non-hydrogen) atoms. The minimum Gasteiger partial charge on any atom is -0.348 e. The summed E-state index contributed by atoms with van der Waals surface area (Å²) in [5.74, 6) is 0. The maximum Gasteiger partial charge on any atom is 0.324 e. The number of H-pyrrole nitrogens is 1. The SMILES string of the molecule is Cc1[nH]cnc1CN1CCN(c2cccc(Cl)c2)C1=O. The van der Waals surface area contributed by atoms with Crippen LogP contribution in [0.5, 0.6) is 0 Å². The van der Waals surface area contributed by atoms with Crippen LogP contribution >= 0.6 is 11.6 Å². The summed E-state index contributed by atoms with van der Waals surface area (Å²) in [5, 5.41) is 0.636. The van der Waals surface area contributed by atoms with Crippen molar-refractivity contribution in [1.29, 1.82) is 0 Å². The Morgan fingerprint density at radius 1 is 1.40 bits per heavy atom. The number of urea groups is 1. The van der Waals surface area contributed by atoms with Crippen molar-refractivity contribution in [3.63, 3.8) is 0 Å². The Morgan fingerprint density at radius 2 is 2.25 bits per heavy atom. The maximum absolute atomic E-state index is 12.4. The highest BCUT2D eigenvalue weighted by Crippen LogP contribution is 2.24. The molecule has 2 amide bonds. The predicted octanol–water partition coefficient (Wildman–Crippen LogP) is 2.81. The number of benzene rings is 1. The first-order valence-corrected chi connectivity index (χ1v) is 6.84. The minimum atomic E-state index is -0.00494. The normalized spacial score (nSPS) is 15.2. The van der Waals surface area contributed by atoms with Crippen LogP contribution in [0.25, 0.3) is 0 Å². The van der Waals surface area contributed by atoms with E-state index in [1.807, 2.05) is 25.1 Å². The number of anilines is 1. The molecule has 1 saturated heterocycles. The molecule has 2 aromatic rings. The number of imidazole rings is 1. The van der Waals surface area contributed by atoms with E-state index in [0.29, 0.717) is 24.7 Å². The third-order valence-corrected chi connectivity index (χ3v) is 3.72. The van der Waals surface area contributed by atoms with E-state index in [-0.39, 0.29) is 6.03 Å². The van der Waals surface area contributed by atoms with Gasteiger partial charge >= 0.3 is 6.03 Å². The quantitative estimate of drug-likeness (QED) is 0.945. The summed E-state index contributed by atoms with van der Waals surface area (Å²) >= 11 is 5.98. The lowest BCUT2D eigenvalue weighted by atomic mass is 10.3. The second kappa shape index (κ2) is 5.17. The number of hydrogen-bond donors (Lipinski definition) is 1. The highest BCUT2D eigenvalue weighted by atomic mass is 35.5. The van der Waals surface area contributed by atoms with Crippen molar-refractivity contribution < 1.29 is 4.79 Å². The topological polar surface area (TPSA) is 52.2 Å². The van der Waals surface area contributed by atoms with Crippen LogP contribution in [-0.2, 0) is 6.54 Å². The molecule has 1 fully saturated rings. The van der Waals surface area contributed by atoms with Gasteiger partial charge in [0.1, 0.15) is 0 Å². The number of aromatic nitrogens is 2. The highest BCUT2D eigenvalue weighted by molar-refractivity contribution is 6.30. The molecular weight excluding hydrogens is 276 g/mol. The van der Waals surface area contributed by atoms with E-state index in [2.05, 4.69) is 9.97 Å². The predicted molar refractivity (Wildman–Crippen MR) is 77.9 cm³/mol. The number of nitrogens with zero attached hydrogens (tertiary/aromatic N) is 3. The molecule has 104 valence electrons. The molecule has 0 bridgehead atoms. The van der Waals surface area contributed by atoms with Gasteiger partial charge in [-0.25, -0.2) is 9.78 Å². The van der Waals surface area contributed by atoms with Gasteiger partial charge in [-0.15, -0.1) is 0 Å². The number of aromatic amines is 1. The Kier molecular flexibility index (Phi) is 3.36. The van der Waals surface area contributed by atoms with E-state index < -0.39 is 0 Å². The fourth-order valence-electron chi connectivity index (χ4n) is 2.34. The van der Waals surface area contributed by atoms with E-state index in [1.165, 1.54) is 0 Å². The molecule has 3 rings (SSSR count). The lowest BCUT2D eigenvalue weighted by Gasteiger charge is -2.18. The van der Waals surface area contributed by atoms with E-state index in [0.717, 1.165) is 17.1 Å². The molecule has 0 unspecified atom stereocenters. The maximum atomic E-state index is 12.4. The number of aryl methyl sites for hydroxylation is 1. The summed E-state index contributed by atoms with van der Waals surface area (Å²) in [7, 11) is 0. The summed E-state index contributed by atoms with van der Waals surface area (Å²) in [5.41, 5.74) is 2.74. The lowest BCUT2D eigenvalue weighted by Crippen LogP contribution is -2.31. The monoisotopic (exact) mass is 290 g/mol. The molecule has 0 radical (unpaired) electrons. The van der Waals surface area contributed by atoms with Crippen molar-refractivity contribution in [2.45, 2.75) is 13.5 Å². The Bertz CT molecular complexity index is 640. The highest BCUT2D eigenvalue weighted by Gasteiger charge is 2.30. The molecule has 2 heterocycles.